The summed E-state index contributed by atoms with van der Waals surface area (Å²) < 4.78 is 33.6. The zero-order valence-electron chi connectivity index (χ0n) is 18.8. The van der Waals surface area contributed by atoms with Gasteiger partial charge in [0.2, 0.25) is 0 Å². The second-order valence-electron chi connectivity index (χ2n) is 7.33. The third-order valence-electron chi connectivity index (χ3n) is 4.90. The Kier molecular flexibility index (Phi) is 8.26. The molecule has 0 atom stereocenters. The standard InChI is InChI=1S/C24H22BrN3O6S/c1-16-7-9-18(10-8-16)28(35(32,33)19-11-12-22(34-2)21(25)13-19)15-23(29)27-26-14-17-5-3-4-6-20(17)24(30)31/h3-14H,15H2,1-2H3,(H,27,29)(H,30,31). The minimum absolute atomic E-state index is 0.0134. The predicted molar refractivity (Wildman–Crippen MR) is 136 cm³/mol. The molecule has 3 aromatic carbocycles. The molecular formula is C24H22BrN3O6S. The average molecular weight is 560 g/mol. The van der Waals surface area contributed by atoms with E-state index in [0.29, 0.717) is 10.2 Å². The number of ether oxygens (including phenoxy) is 1. The lowest BCUT2D eigenvalue weighted by Crippen LogP contribution is -2.39. The molecule has 0 aliphatic rings. The lowest BCUT2D eigenvalue weighted by molar-refractivity contribution is -0.119. The number of hydrogen-bond acceptors (Lipinski definition) is 6. The Morgan fingerprint density at radius 2 is 1.80 bits per heavy atom. The van der Waals surface area contributed by atoms with Crippen LogP contribution in [-0.4, -0.2) is 45.3 Å². The smallest absolute Gasteiger partial charge is 0.336 e. The van der Waals surface area contributed by atoms with Gasteiger partial charge >= 0.3 is 5.97 Å². The van der Waals surface area contributed by atoms with Crippen molar-refractivity contribution in [2.45, 2.75) is 11.8 Å². The molecule has 0 radical (unpaired) electrons. The van der Waals surface area contributed by atoms with Gasteiger partial charge in [0.05, 0.1) is 33.9 Å². The number of amides is 1. The second-order valence-corrected chi connectivity index (χ2v) is 10.0. The normalized spacial score (nSPS) is 11.3. The van der Waals surface area contributed by atoms with Crippen molar-refractivity contribution < 1.29 is 27.9 Å². The molecule has 0 unspecified atom stereocenters. The summed E-state index contributed by atoms with van der Waals surface area (Å²) in [6.45, 7) is 1.30. The van der Waals surface area contributed by atoms with Gasteiger partial charge in [-0.05, 0) is 59.3 Å². The number of aromatic carboxylic acids is 1. The number of carbonyl (C=O) groups excluding carboxylic acids is 1. The van der Waals surface area contributed by atoms with Crippen LogP contribution >= 0.6 is 15.9 Å². The first-order chi connectivity index (χ1) is 16.6. The number of nitrogens with zero attached hydrogens (tertiary/aromatic N) is 2. The molecule has 0 aliphatic carbocycles. The van der Waals surface area contributed by atoms with E-state index < -0.39 is 28.4 Å². The van der Waals surface area contributed by atoms with Crippen molar-refractivity contribution >= 4 is 49.7 Å². The van der Waals surface area contributed by atoms with E-state index in [-0.39, 0.29) is 21.7 Å². The molecule has 35 heavy (non-hydrogen) atoms. The van der Waals surface area contributed by atoms with E-state index in [0.717, 1.165) is 9.87 Å². The average Bonchev–Trinajstić information content (AvgIpc) is 2.83. The lowest BCUT2D eigenvalue weighted by atomic mass is 10.1. The van der Waals surface area contributed by atoms with Gasteiger partial charge < -0.3 is 9.84 Å². The van der Waals surface area contributed by atoms with Crippen molar-refractivity contribution in [3.63, 3.8) is 0 Å². The summed E-state index contributed by atoms with van der Waals surface area (Å²) in [5.74, 6) is -1.40. The Hall–Kier alpha value is -3.70. The number of sulfonamides is 1. The van der Waals surface area contributed by atoms with E-state index in [9.17, 15) is 23.1 Å². The Bertz CT molecular complexity index is 1370. The summed E-state index contributed by atoms with van der Waals surface area (Å²) in [6.07, 6.45) is 1.19. The molecule has 182 valence electrons. The van der Waals surface area contributed by atoms with Gasteiger partial charge in [-0.15, -0.1) is 0 Å². The van der Waals surface area contributed by atoms with Gasteiger partial charge in [0, 0.05) is 5.56 Å². The number of hydrazone groups is 1. The number of carboxylic acid groups (broad SMARTS) is 1. The fourth-order valence-corrected chi connectivity index (χ4v) is 5.24. The SMILES string of the molecule is COc1ccc(S(=O)(=O)N(CC(=O)NN=Cc2ccccc2C(=O)O)c2ccc(C)cc2)cc1Br. The monoisotopic (exact) mass is 559 g/mol. The number of aryl methyl sites for hydroxylation is 1. The predicted octanol–water partition coefficient (Wildman–Crippen LogP) is 3.81. The van der Waals surface area contributed by atoms with E-state index in [1.165, 1.54) is 43.7 Å². The zero-order chi connectivity index (χ0) is 25.6. The summed E-state index contributed by atoms with van der Waals surface area (Å²) in [7, 11) is -2.68. The number of hydrogen-bond donors (Lipinski definition) is 2. The van der Waals surface area contributed by atoms with Gasteiger partial charge in [0.1, 0.15) is 12.3 Å². The highest BCUT2D eigenvalue weighted by molar-refractivity contribution is 9.10. The zero-order valence-corrected chi connectivity index (χ0v) is 21.2. The number of halogens is 1. The summed E-state index contributed by atoms with van der Waals surface area (Å²) in [5, 5.41) is 13.1. The molecule has 2 N–H and O–H groups in total. The molecule has 3 aromatic rings. The van der Waals surface area contributed by atoms with Crippen LogP contribution in [0.15, 0.2) is 81.2 Å². The topological polar surface area (TPSA) is 125 Å². The quantitative estimate of drug-likeness (QED) is 0.303. The molecule has 11 heteroatoms. The van der Waals surface area contributed by atoms with Crippen molar-refractivity contribution in [1.29, 1.82) is 0 Å². The second kappa shape index (κ2) is 11.2. The minimum atomic E-state index is -4.15. The Morgan fingerprint density at radius 1 is 1.11 bits per heavy atom. The molecule has 0 heterocycles. The molecule has 9 nitrogen and oxygen atoms in total. The third-order valence-corrected chi connectivity index (χ3v) is 7.29. The highest BCUT2D eigenvalue weighted by atomic mass is 79.9. The van der Waals surface area contributed by atoms with E-state index >= 15 is 0 Å². The van der Waals surface area contributed by atoms with E-state index in [2.05, 4.69) is 26.5 Å². The van der Waals surface area contributed by atoms with Crippen molar-refractivity contribution in [3.05, 3.63) is 87.9 Å². The van der Waals surface area contributed by atoms with Crippen LogP contribution in [0.1, 0.15) is 21.5 Å². The van der Waals surface area contributed by atoms with Crippen molar-refractivity contribution in [2.24, 2.45) is 5.10 Å². The first kappa shape index (κ1) is 25.9. The number of carboxylic acids is 1. The largest absolute Gasteiger partial charge is 0.496 e. The van der Waals surface area contributed by atoms with Gasteiger partial charge in [-0.2, -0.15) is 5.10 Å². The third kappa shape index (κ3) is 6.25. The van der Waals surface area contributed by atoms with Crippen LogP contribution in [0.3, 0.4) is 0 Å². The van der Waals surface area contributed by atoms with E-state index in [1.54, 1.807) is 36.4 Å². The van der Waals surface area contributed by atoms with E-state index in [4.69, 9.17) is 4.74 Å². The van der Waals surface area contributed by atoms with Crippen molar-refractivity contribution in [1.82, 2.24) is 5.43 Å². The highest BCUT2D eigenvalue weighted by Crippen LogP contribution is 2.30. The number of anilines is 1. The summed E-state index contributed by atoms with van der Waals surface area (Å²) >= 11 is 3.29. The number of nitrogens with one attached hydrogen (secondary N) is 1. The summed E-state index contributed by atoms with van der Waals surface area (Å²) in [5.41, 5.74) is 3.77. The van der Waals surface area contributed by atoms with Crippen molar-refractivity contribution in [2.75, 3.05) is 18.0 Å². The van der Waals surface area contributed by atoms with Crippen LogP contribution in [0.25, 0.3) is 0 Å². The van der Waals surface area contributed by atoms with Crippen LogP contribution < -0.4 is 14.5 Å². The van der Waals surface area contributed by atoms with Crippen molar-refractivity contribution in [3.8, 4) is 5.75 Å². The van der Waals surface area contributed by atoms with E-state index in [1.807, 2.05) is 6.92 Å². The molecule has 0 bridgehead atoms. The first-order valence-corrected chi connectivity index (χ1v) is 12.4. The van der Waals surface area contributed by atoms with Gasteiger partial charge in [-0.3, -0.25) is 9.10 Å². The Morgan fingerprint density at radius 3 is 2.43 bits per heavy atom. The lowest BCUT2D eigenvalue weighted by Gasteiger charge is -2.24. The molecular weight excluding hydrogens is 538 g/mol. The minimum Gasteiger partial charge on any atom is -0.496 e. The molecule has 0 aliphatic heterocycles. The number of rotatable bonds is 9. The first-order valence-electron chi connectivity index (χ1n) is 10.2. The van der Waals surface area contributed by atoms with Crippen LogP contribution in [0.4, 0.5) is 5.69 Å². The molecule has 0 fully saturated rings. The van der Waals surface area contributed by atoms with Crippen LogP contribution in [-0.2, 0) is 14.8 Å². The number of carbonyl (C=O) groups is 2. The number of methoxy groups -OCH3 is 1. The Labute approximate surface area is 211 Å². The highest BCUT2D eigenvalue weighted by Gasteiger charge is 2.28. The maximum absolute atomic E-state index is 13.5. The number of benzene rings is 3. The van der Waals surface area contributed by atoms with Crippen LogP contribution in [0.5, 0.6) is 5.75 Å². The fourth-order valence-electron chi connectivity index (χ4n) is 3.10. The molecule has 0 spiro atoms. The van der Waals surface area contributed by atoms with Gasteiger partial charge in [-0.25, -0.2) is 18.6 Å². The molecule has 0 saturated carbocycles. The molecule has 0 saturated heterocycles. The van der Waals surface area contributed by atoms with Gasteiger partial charge in [0.25, 0.3) is 15.9 Å². The van der Waals surface area contributed by atoms with Gasteiger partial charge in [0.15, 0.2) is 0 Å². The maximum atomic E-state index is 13.5. The van der Waals surface area contributed by atoms with Crippen LogP contribution in [0, 0.1) is 6.92 Å². The summed E-state index contributed by atoms with van der Waals surface area (Å²) in [4.78, 5) is 23.9. The molecule has 0 aromatic heterocycles. The van der Waals surface area contributed by atoms with Crippen LogP contribution in [0.2, 0.25) is 0 Å². The molecule has 1 amide bonds. The summed E-state index contributed by atoms with van der Waals surface area (Å²) in [6, 6.07) is 17.1. The Balaban J connectivity index is 1.88. The van der Waals surface area contributed by atoms with Gasteiger partial charge in [-0.1, -0.05) is 35.9 Å². The molecule has 3 rings (SSSR count). The fraction of sp³-hybridized carbons (Fsp3) is 0.125. The maximum Gasteiger partial charge on any atom is 0.336 e.